The summed E-state index contributed by atoms with van der Waals surface area (Å²) >= 11 is 0. The second-order valence-electron chi connectivity index (χ2n) is 8.53. The maximum atomic E-state index is 13.0. The van der Waals surface area contributed by atoms with Crippen LogP contribution in [0.2, 0.25) is 0 Å². The van der Waals surface area contributed by atoms with Gasteiger partial charge < -0.3 is 30.7 Å². The van der Waals surface area contributed by atoms with Crippen LogP contribution in [0, 0.1) is 0 Å². The third-order valence-corrected chi connectivity index (χ3v) is 5.62. The number of carbonyl (C=O) groups excluding carboxylic acids is 3. The molecule has 0 aliphatic heterocycles. The Morgan fingerprint density at radius 1 is 1.23 bits per heavy atom. The van der Waals surface area contributed by atoms with Gasteiger partial charge in [-0.15, -0.1) is 0 Å². The predicted octanol–water partition coefficient (Wildman–Crippen LogP) is 2.75. The predicted molar refractivity (Wildman–Crippen MR) is 136 cm³/mol. The van der Waals surface area contributed by atoms with Gasteiger partial charge in [0.15, 0.2) is 0 Å². The lowest BCUT2D eigenvalue weighted by atomic mass is 10.1. The van der Waals surface area contributed by atoms with E-state index < -0.39 is 42.1 Å². The van der Waals surface area contributed by atoms with E-state index in [9.17, 15) is 32.3 Å². The van der Waals surface area contributed by atoms with Crippen LogP contribution >= 0.6 is 0 Å². The summed E-state index contributed by atoms with van der Waals surface area (Å²) in [5, 5.41) is 4.86. The average Bonchev–Trinajstić information content (AvgIpc) is 3.29. The van der Waals surface area contributed by atoms with Gasteiger partial charge in [-0.25, -0.2) is 9.78 Å². The number of amides is 3. The first-order valence-electron chi connectivity index (χ1n) is 11.8. The molecule has 0 saturated carbocycles. The van der Waals surface area contributed by atoms with Gasteiger partial charge in [0, 0.05) is 12.6 Å². The maximum absolute atomic E-state index is 13.0. The number of alkyl halides is 3. The number of benzene rings is 1. The first-order valence-corrected chi connectivity index (χ1v) is 11.8. The second kappa shape index (κ2) is 12.8. The van der Waals surface area contributed by atoms with E-state index >= 15 is 0 Å². The molecule has 1 aromatic carbocycles. The number of hydrogen-bond donors (Lipinski definition) is 4. The molecule has 0 fully saturated rings. The fraction of sp³-hybridized carbons (Fsp3) is 0.320. The van der Waals surface area contributed by atoms with E-state index in [4.69, 9.17) is 5.73 Å². The number of rotatable bonds is 11. The lowest BCUT2D eigenvalue weighted by Gasteiger charge is -2.17. The Hall–Kier alpha value is -4.62. The van der Waals surface area contributed by atoms with Gasteiger partial charge >= 0.3 is 12.3 Å². The topological polar surface area (TPSA) is 161 Å². The zero-order chi connectivity index (χ0) is 28.6. The van der Waals surface area contributed by atoms with Crippen molar-refractivity contribution in [2.45, 2.75) is 44.4 Å². The molecule has 3 rings (SSSR count). The normalized spacial score (nSPS) is 12.4. The fourth-order valence-electron chi connectivity index (χ4n) is 3.77. The van der Waals surface area contributed by atoms with Crippen molar-refractivity contribution < 1.29 is 32.3 Å². The fourth-order valence-corrected chi connectivity index (χ4v) is 3.77. The van der Waals surface area contributed by atoms with Crippen molar-refractivity contribution in [3.8, 4) is 0 Å². The Morgan fingerprint density at radius 3 is 2.69 bits per heavy atom. The lowest BCUT2D eigenvalue weighted by Crippen LogP contribution is -2.44. The number of methoxy groups -OCH3 is 1. The molecule has 0 spiro atoms. The number of imidazole rings is 1. The molecule has 3 amide bonds. The highest BCUT2D eigenvalue weighted by atomic mass is 19.4. The Balaban J connectivity index is 1.77. The number of halogens is 3. The van der Waals surface area contributed by atoms with Gasteiger partial charge in [0.2, 0.25) is 11.8 Å². The number of aromatic amines is 1. The van der Waals surface area contributed by atoms with Crippen LogP contribution in [-0.4, -0.2) is 51.8 Å². The molecule has 2 heterocycles. The highest BCUT2D eigenvalue weighted by Crippen LogP contribution is 2.25. The van der Waals surface area contributed by atoms with Gasteiger partial charge in [0.1, 0.15) is 17.6 Å². The van der Waals surface area contributed by atoms with Crippen LogP contribution in [0.5, 0.6) is 0 Å². The molecule has 0 aliphatic carbocycles. The molecule has 3 aromatic rings. The molecule has 14 heteroatoms. The number of aromatic nitrogens is 3. The summed E-state index contributed by atoms with van der Waals surface area (Å²) in [6.45, 7) is -0.0440. The van der Waals surface area contributed by atoms with Crippen molar-refractivity contribution in [2.75, 3.05) is 12.4 Å². The lowest BCUT2D eigenvalue weighted by molar-refractivity contribution is -0.134. The van der Waals surface area contributed by atoms with Crippen molar-refractivity contribution in [1.29, 1.82) is 0 Å². The Kier molecular flexibility index (Phi) is 9.47. The average molecular weight is 549 g/mol. The van der Waals surface area contributed by atoms with Gasteiger partial charge in [0.25, 0.3) is 5.56 Å². The van der Waals surface area contributed by atoms with Crippen molar-refractivity contribution in [2.24, 2.45) is 5.73 Å². The number of fused-ring (bicyclic) bond motifs is 1. The number of primary amides is 1. The van der Waals surface area contributed by atoms with E-state index in [0.717, 1.165) is 13.2 Å². The zero-order valence-electron chi connectivity index (χ0n) is 20.9. The molecule has 0 saturated heterocycles. The minimum absolute atomic E-state index is 0.0440. The van der Waals surface area contributed by atoms with E-state index in [1.54, 1.807) is 18.2 Å². The van der Waals surface area contributed by atoms with Gasteiger partial charge in [0.05, 0.1) is 24.7 Å². The number of nitrogens with two attached hydrogens (primary N) is 1. The number of nitrogens with one attached hydrogen (secondary N) is 3. The third kappa shape index (κ3) is 8.45. The van der Waals surface area contributed by atoms with Gasteiger partial charge in [-0.1, -0.05) is 18.2 Å². The monoisotopic (exact) mass is 548 g/mol. The molecular formula is C25H27F3N6O5. The molecule has 2 aromatic heterocycles. The highest BCUT2D eigenvalue weighted by molar-refractivity contribution is 5.96. The number of nitrogens with zero attached hydrogens (tertiary/aromatic N) is 2. The zero-order valence-corrected chi connectivity index (χ0v) is 20.9. The number of allylic oxidation sites excluding steroid dienone is 1. The van der Waals surface area contributed by atoms with Gasteiger partial charge in [-0.2, -0.15) is 13.2 Å². The summed E-state index contributed by atoms with van der Waals surface area (Å²) < 4.78 is 43.9. The van der Waals surface area contributed by atoms with Gasteiger partial charge in [-0.3, -0.25) is 14.4 Å². The number of alkyl carbamates (subject to hydrolysis) is 1. The summed E-state index contributed by atoms with van der Waals surface area (Å²) in [6.07, 6.45) is -2.03. The van der Waals surface area contributed by atoms with Crippen molar-refractivity contribution >= 4 is 34.6 Å². The SMILES string of the molecule is COC(=O)NC(CCC=CC(N)=O)C(=O)Nc1cccn(Cc2nc3c(CCC(F)(F)F)cccc3[nH]2)c1=O. The summed E-state index contributed by atoms with van der Waals surface area (Å²) in [5.41, 5.74) is 5.73. The molecule has 11 nitrogen and oxygen atoms in total. The molecule has 0 radical (unpaired) electrons. The second-order valence-corrected chi connectivity index (χ2v) is 8.53. The molecule has 0 bridgehead atoms. The van der Waals surface area contributed by atoms with Gasteiger partial charge in [-0.05, 0) is 49.1 Å². The number of para-hydroxylation sites is 1. The number of ether oxygens (including phenoxy) is 1. The quantitative estimate of drug-likeness (QED) is 0.270. The number of pyridine rings is 1. The van der Waals surface area contributed by atoms with Crippen LogP contribution in [0.3, 0.4) is 0 Å². The molecule has 0 aliphatic rings. The molecular weight excluding hydrogens is 521 g/mol. The minimum atomic E-state index is -4.30. The summed E-state index contributed by atoms with van der Waals surface area (Å²) in [4.78, 5) is 55.9. The van der Waals surface area contributed by atoms with Crippen molar-refractivity contribution in [1.82, 2.24) is 19.9 Å². The molecule has 208 valence electrons. The molecule has 1 atom stereocenters. The van der Waals surface area contributed by atoms with E-state index in [-0.39, 0.29) is 31.5 Å². The van der Waals surface area contributed by atoms with Crippen LogP contribution < -0.4 is 21.9 Å². The van der Waals surface area contributed by atoms with Crippen LogP contribution in [-0.2, 0) is 27.3 Å². The number of anilines is 1. The van der Waals surface area contributed by atoms with Crippen LogP contribution in [0.25, 0.3) is 11.0 Å². The summed E-state index contributed by atoms with van der Waals surface area (Å²) in [6, 6.07) is 6.69. The number of aryl methyl sites for hydroxylation is 1. The molecule has 39 heavy (non-hydrogen) atoms. The first-order chi connectivity index (χ1) is 18.5. The van der Waals surface area contributed by atoms with Crippen LogP contribution in [0.15, 0.2) is 53.5 Å². The number of carbonyl (C=O) groups is 3. The van der Waals surface area contributed by atoms with Crippen LogP contribution in [0.1, 0.15) is 30.7 Å². The van der Waals surface area contributed by atoms with E-state index in [0.29, 0.717) is 22.4 Å². The Morgan fingerprint density at radius 2 is 2.00 bits per heavy atom. The Bertz CT molecular complexity index is 1430. The number of H-pyrrole nitrogens is 1. The van der Waals surface area contributed by atoms with Crippen LogP contribution in [0.4, 0.5) is 23.7 Å². The van der Waals surface area contributed by atoms with E-state index in [1.807, 2.05) is 0 Å². The Labute approximate surface area is 220 Å². The highest BCUT2D eigenvalue weighted by Gasteiger charge is 2.27. The van der Waals surface area contributed by atoms with E-state index in [1.165, 1.54) is 29.0 Å². The maximum Gasteiger partial charge on any atom is 0.407 e. The largest absolute Gasteiger partial charge is 0.453 e. The third-order valence-electron chi connectivity index (χ3n) is 5.62. The molecule has 1 unspecified atom stereocenters. The summed E-state index contributed by atoms with van der Waals surface area (Å²) in [7, 11) is 1.13. The molecule has 5 N–H and O–H groups in total. The summed E-state index contributed by atoms with van der Waals surface area (Å²) in [5.74, 6) is -1.02. The standard InChI is InChI=1S/C25H27F3N6O5/c1-39-24(38)32-17(7-2-3-10-19(29)35)22(36)31-18-9-5-13-34(23(18)37)14-20-30-16-8-4-6-15(21(16)33-20)11-12-25(26,27)28/h3-6,8-10,13,17H,2,7,11-12,14H2,1H3,(H2,29,35)(H,30,33)(H,31,36)(H,32,38). The smallest absolute Gasteiger partial charge is 0.407 e. The number of hydrogen-bond acceptors (Lipinski definition) is 6. The van der Waals surface area contributed by atoms with Crippen molar-refractivity contribution in [3.05, 3.63) is 70.4 Å². The van der Waals surface area contributed by atoms with Crippen molar-refractivity contribution in [3.63, 3.8) is 0 Å². The first kappa shape index (κ1) is 28.9. The van der Waals surface area contributed by atoms with E-state index in [2.05, 4.69) is 25.3 Å². The minimum Gasteiger partial charge on any atom is -0.453 e.